The van der Waals surface area contributed by atoms with Crippen molar-refractivity contribution < 1.29 is 65.5 Å². The molecular weight excluding hydrogens is 1170 g/mol. The van der Waals surface area contributed by atoms with Crippen LogP contribution in [0.3, 0.4) is 0 Å². The molecule has 4 N–H and O–H groups in total. The molecule has 4 aromatic carbocycles. The van der Waals surface area contributed by atoms with Gasteiger partial charge in [-0.05, 0) is 110 Å². The first-order chi connectivity index (χ1) is 39.3. The Morgan fingerprint density at radius 2 is 0.812 bits per heavy atom. The first-order valence-corrected chi connectivity index (χ1v) is 31.3. The van der Waals surface area contributed by atoms with E-state index in [1.165, 1.54) is 36.4 Å². The monoisotopic (exact) mass is 1250 g/mol. The van der Waals surface area contributed by atoms with E-state index in [9.17, 15) is 36.2 Å². The maximum Gasteiger partial charge on any atom is 2.00 e. The van der Waals surface area contributed by atoms with Gasteiger partial charge in [-0.15, -0.1) is 0 Å². The topological polar surface area (TPSA) is 303 Å². The van der Waals surface area contributed by atoms with Gasteiger partial charge in [0.15, 0.2) is 0 Å². The fraction of sp³-hybridized carbons (Fsp3) is 0.484. The predicted octanol–water partition coefficient (Wildman–Crippen LogP) is 10.1. The van der Waals surface area contributed by atoms with Gasteiger partial charge in [-0.1, -0.05) is 129 Å². The first kappa shape index (κ1) is 68.5. The van der Waals surface area contributed by atoms with Gasteiger partial charge in [0.2, 0.25) is 0 Å². The second-order valence-corrected chi connectivity index (χ2v) is 27.8. The molecule has 2 aliphatic rings. The molecule has 23 heteroatoms. The van der Waals surface area contributed by atoms with E-state index in [1.807, 2.05) is 0 Å². The van der Waals surface area contributed by atoms with Gasteiger partial charge in [0.25, 0.3) is 0 Å². The molecule has 0 amide bonds. The third kappa shape index (κ3) is 19.2. The minimum Gasteiger partial charge on any atom is -0.744 e. The number of nitrogens with one attached hydrogen (secondary N) is 2. The Labute approximate surface area is 513 Å². The van der Waals surface area contributed by atoms with Gasteiger partial charge in [0.1, 0.15) is 20.2 Å². The quantitative estimate of drug-likeness (QED) is 0.0313. The summed E-state index contributed by atoms with van der Waals surface area (Å²) >= 11 is 0. The number of aliphatic hydroxyl groups excluding tert-OH is 2. The Bertz CT molecular complexity index is 3610. The van der Waals surface area contributed by atoms with Gasteiger partial charge in [0.05, 0.1) is 58.5 Å². The number of hydrogen-bond donors (Lipinski definition) is 4. The molecule has 2 aliphatic heterocycles. The summed E-state index contributed by atoms with van der Waals surface area (Å²) in [7, 11) is -9.63. The Hall–Kier alpha value is -5.66. The number of benzene rings is 4. The molecule has 8 bridgehead atoms. The minimum absolute atomic E-state index is 0. The first-order valence-electron chi connectivity index (χ1n) is 28.5. The molecular formula is C62H82CuN10O10S2. The van der Waals surface area contributed by atoms with E-state index in [4.69, 9.17) is 34.4 Å². The van der Waals surface area contributed by atoms with Crippen LogP contribution in [0, 0.1) is 10.8 Å². The van der Waals surface area contributed by atoms with Crippen molar-refractivity contribution in [2.24, 2.45) is 10.8 Å². The van der Waals surface area contributed by atoms with Gasteiger partial charge >= 0.3 is 19.9 Å². The molecule has 20 nitrogen and oxygen atoms in total. The summed E-state index contributed by atoms with van der Waals surface area (Å²) in [6.45, 7) is 30.0. The second-order valence-electron chi connectivity index (χ2n) is 25.1. The molecule has 0 spiro atoms. The zero-order valence-electron chi connectivity index (χ0n) is 52.6. The van der Waals surface area contributed by atoms with E-state index in [1.54, 1.807) is 48.5 Å². The molecule has 3 aromatic heterocycles. The number of ether oxygens (including phenoxy) is 2. The second kappa shape index (κ2) is 28.4. The molecule has 7 aromatic rings. The average molecular weight is 1260 g/mol. The maximum absolute atomic E-state index is 12.0. The summed E-state index contributed by atoms with van der Waals surface area (Å²) in [5.74, 6) is 0.460. The van der Waals surface area contributed by atoms with Crippen molar-refractivity contribution in [3.8, 4) is 45.6 Å². The normalized spacial score (nSPS) is 13.5. The number of nitrogens with zero attached hydrogens (tertiary/aromatic N) is 8. The van der Waals surface area contributed by atoms with Gasteiger partial charge in [0, 0.05) is 82.2 Å². The van der Waals surface area contributed by atoms with Crippen molar-refractivity contribution in [3.63, 3.8) is 0 Å². The Morgan fingerprint density at radius 3 is 1.09 bits per heavy atom. The molecule has 2 unspecified atom stereocenters. The van der Waals surface area contributed by atoms with Gasteiger partial charge in [-0.2, -0.15) is 0 Å². The zero-order valence-corrected chi connectivity index (χ0v) is 53.2. The molecule has 0 fully saturated rings. The third-order valence-corrected chi connectivity index (χ3v) is 15.2. The van der Waals surface area contributed by atoms with Crippen LogP contribution in [0.5, 0.6) is 0 Å². The standard InChI is InChI=1S/C32H16N8O6S2.2C15H33NO2.Cu/c41-47(42,43)15-9-11-21-23(13-15)31-37-27-19-7-3-4-8-20(19)28(34-27)38-32-24-14-16(48(44,45)46)10-12-22(24)30(40-32)36-26-18-6-2-1-5-17(18)25(33-26)35-29(21)39-31;2*1-7-8-9-18-11-13(17)10-16-15(5,6)12-14(2,3)4;/h1-14H,(H2-2,33,34,35,36,37,38,39,40,41,42,43,44,45,46);2*13,16-17H,7-12H2,1-6H3;/q-2;;;+2. The van der Waals surface area contributed by atoms with Crippen LogP contribution in [0.4, 0.5) is 0 Å². The number of aromatic nitrogens is 8. The number of β-amino-alcohol motifs (C(OH)–C–C–N with tert-alkyl or cyclic N) is 2. The smallest absolute Gasteiger partial charge is 0.744 e. The third-order valence-electron chi connectivity index (χ3n) is 13.5. The Morgan fingerprint density at radius 1 is 0.506 bits per heavy atom. The predicted molar refractivity (Wildman–Crippen MR) is 328 cm³/mol. The summed E-state index contributed by atoms with van der Waals surface area (Å²) in [5, 5.41) is 28.9. The van der Waals surface area contributed by atoms with E-state index in [0.717, 1.165) is 51.7 Å². The van der Waals surface area contributed by atoms with Crippen LogP contribution in [0.1, 0.15) is 124 Å². The van der Waals surface area contributed by atoms with Crippen LogP contribution in [0.25, 0.3) is 89.7 Å². The van der Waals surface area contributed by atoms with Crippen molar-refractivity contribution in [1.82, 2.24) is 50.5 Å². The molecule has 0 saturated heterocycles. The van der Waals surface area contributed by atoms with Crippen molar-refractivity contribution >= 4 is 64.4 Å². The molecule has 1 radical (unpaired) electrons. The largest absolute Gasteiger partial charge is 2.00 e. The zero-order chi connectivity index (χ0) is 61.4. The molecule has 9 rings (SSSR count). The Balaban J connectivity index is 0.000000347. The molecule has 0 saturated carbocycles. The fourth-order valence-corrected chi connectivity index (χ4v) is 11.4. The van der Waals surface area contributed by atoms with Crippen molar-refractivity contribution in [3.05, 3.63) is 84.9 Å². The molecule has 85 heavy (non-hydrogen) atoms. The van der Waals surface area contributed by atoms with E-state index >= 15 is 0 Å². The van der Waals surface area contributed by atoms with Crippen LogP contribution in [0.15, 0.2) is 94.7 Å². The average Bonchev–Trinajstić information content (AvgIpc) is 1.96. The number of fused-ring (bicyclic) bond motifs is 20. The number of unbranched alkanes of at least 4 members (excludes halogenated alkanes) is 2. The van der Waals surface area contributed by atoms with E-state index < -0.39 is 42.2 Å². The van der Waals surface area contributed by atoms with Crippen molar-refractivity contribution in [1.29, 1.82) is 0 Å². The molecule has 463 valence electrons. The van der Waals surface area contributed by atoms with Crippen LogP contribution in [-0.2, 0) is 46.8 Å². The summed E-state index contributed by atoms with van der Waals surface area (Å²) in [6.07, 6.45) is 5.71. The van der Waals surface area contributed by atoms with Crippen LogP contribution in [-0.4, -0.2) is 129 Å². The molecule has 5 heterocycles. The summed E-state index contributed by atoms with van der Waals surface area (Å²) in [6, 6.07) is 22.0. The fourth-order valence-electron chi connectivity index (χ4n) is 10.4. The van der Waals surface area contributed by atoms with Gasteiger partial charge < -0.3 is 69.3 Å². The number of aliphatic hydroxyl groups is 2. The van der Waals surface area contributed by atoms with Crippen LogP contribution >= 0.6 is 0 Å². The number of rotatable bonds is 20. The van der Waals surface area contributed by atoms with E-state index in [0.29, 0.717) is 69.8 Å². The maximum atomic E-state index is 12.0. The van der Waals surface area contributed by atoms with E-state index in [-0.39, 0.29) is 88.0 Å². The molecule has 0 aliphatic carbocycles. The Kier molecular flexibility index (Phi) is 22.9. The SMILES string of the molecule is CCCCOCC(O)CNC(C)(C)CC(C)(C)C.CCCCOCC(O)CNC(C)(C)CC(C)(C)C.O=S(=O)([O-])c1ccc2c(c1)-c1nc-2nc2[n-]c(nc3nc(nc4[n-]c(n1)c1ccccc41)-c1cc(S(=O)(=O)[O-])ccc1-3)c1ccccc21.[Cu+2].[H+].[H+]. The minimum atomic E-state index is -4.81. The van der Waals surface area contributed by atoms with Crippen molar-refractivity contribution in [2.45, 2.75) is 155 Å². The summed E-state index contributed by atoms with van der Waals surface area (Å²) in [5.41, 5.74) is 2.89. The van der Waals surface area contributed by atoms with Crippen LogP contribution in [0.2, 0.25) is 0 Å². The van der Waals surface area contributed by atoms with Crippen LogP contribution < -0.4 is 20.6 Å². The summed E-state index contributed by atoms with van der Waals surface area (Å²) < 4.78 is 82.6. The number of hydrogen-bond acceptors (Lipinski definition) is 18. The molecule has 2 atom stereocenters. The van der Waals surface area contributed by atoms with Crippen molar-refractivity contribution in [2.75, 3.05) is 39.5 Å². The summed E-state index contributed by atoms with van der Waals surface area (Å²) in [4.78, 5) is 36.6. The van der Waals surface area contributed by atoms with Gasteiger partial charge in [-0.3, -0.25) is 0 Å². The van der Waals surface area contributed by atoms with E-state index in [2.05, 4.69) is 109 Å². The van der Waals surface area contributed by atoms with Gasteiger partial charge in [-0.25, -0.2) is 26.8 Å².